The normalized spacial score (nSPS) is 22.0. The third-order valence-corrected chi connectivity index (χ3v) is 5.21. The van der Waals surface area contributed by atoms with E-state index >= 15 is 0 Å². The highest BCUT2D eigenvalue weighted by Crippen LogP contribution is 2.24. The van der Waals surface area contributed by atoms with Crippen LogP contribution in [0.15, 0.2) is 24.5 Å². The zero-order valence-corrected chi connectivity index (χ0v) is 18.1. The van der Waals surface area contributed by atoms with E-state index in [1.54, 1.807) is 27.9 Å². The van der Waals surface area contributed by atoms with Gasteiger partial charge in [-0.2, -0.15) is 0 Å². The van der Waals surface area contributed by atoms with E-state index in [4.69, 9.17) is 9.47 Å². The molecule has 2 amide bonds. The second kappa shape index (κ2) is 8.62. The van der Waals surface area contributed by atoms with Gasteiger partial charge in [0.15, 0.2) is 11.4 Å². The molecule has 31 heavy (non-hydrogen) atoms. The molecule has 2 atom stereocenters. The zero-order valence-electron chi connectivity index (χ0n) is 18.1. The molecule has 4 heterocycles. The number of amides is 2. The Kier molecular flexibility index (Phi) is 5.90. The Balaban J connectivity index is 1.58. The second-order valence-corrected chi connectivity index (χ2v) is 9.14. The molecule has 1 saturated heterocycles. The van der Waals surface area contributed by atoms with Crippen molar-refractivity contribution in [3.05, 3.63) is 35.9 Å². The van der Waals surface area contributed by atoms with Gasteiger partial charge in [-0.25, -0.2) is 9.67 Å². The van der Waals surface area contributed by atoms with Gasteiger partial charge in [0.05, 0.1) is 31.5 Å². The van der Waals surface area contributed by atoms with Gasteiger partial charge in [-0.1, -0.05) is 26.0 Å². The Hall–Kier alpha value is -3.01. The van der Waals surface area contributed by atoms with Gasteiger partial charge in [-0.15, -0.1) is 5.10 Å². The van der Waals surface area contributed by atoms with Gasteiger partial charge in [0, 0.05) is 25.7 Å². The van der Waals surface area contributed by atoms with E-state index in [-0.39, 0.29) is 41.7 Å². The highest BCUT2D eigenvalue weighted by Gasteiger charge is 2.38. The van der Waals surface area contributed by atoms with Crippen molar-refractivity contribution in [2.45, 2.75) is 52.5 Å². The minimum atomic E-state index is -0.371. The SMILES string of the molecule is CC(C)(C)CC(=O)N1C[C@@H]2NC(=O)c3ncccc3OCCn3cc(nn3)CO[C@H]2C1. The first-order valence-corrected chi connectivity index (χ1v) is 10.5. The van der Waals surface area contributed by atoms with Crippen molar-refractivity contribution in [3.8, 4) is 5.75 Å². The smallest absolute Gasteiger partial charge is 0.274 e. The van der Waals surface area contributed by atoms with Crippen LogP contribution in [0.25, 0.3) is 0 Å². The molecular formula is C21H28N6O4. The lowest BCUT2D eigenvalue weighted by Crippen LogP contribution is -2.44. The third-order valence-electron chi connectivity index (χ3n) is 5.21. The Morgan fingerprint density at radius 1 is 1.32 bits per heavy atom. The van der Waals surface area contributed by atoms with E-state index in [1.165, 1.54) is 0 Å². The first-order chi connectivity index (χ1) is 14.8. The molecule has 0 aliphatic carbocycles. The molecule has 2 aromatic heterocycles. The van der Waals surface area contributed by atoms with Gasteiger partial charge in [-0.05, 0) is 17.5 Å². The molecule has 2 aromatic rings. The minimum absolute atomic E-state index is 0.0450. The topological polar surface area (TPSA) is 111 Å². The number of carbonyl (C=O) groups excluding carboxylic acids is 2. The molecule has 0 unspecified atom stereocenters. The maximum Gasteiger partial charge on any atom is 0.274 e. The molecule has 2 aliphatic rings. The van der Waals surface area contributed by atoms with Crippen LogP contribution in [-0.4, -0.2) is 68.5 Å². The Bertz CT molecular complexity index is 953. The number of ether oxygens (including phenoxy) is 2. The number of fused-ring (bicyclic) bond motifs is 4. The summed E-state index contributed by atoms with van der Waals surface area (Å²) in [6.07, 6.45) is 3.42. The largest absolute Gasteiger partial charge is 0.489 e. The van der Waals surface area contributed by atoms with Gasteiger partial charge in [-0.3, -0.25) is 9.59 Å². The van der Waals surface area contributed by atoms with Crippen LogP contribution in [0.5, 0.6) is 5.75 Å². The lowest BCUT2D eigenvalue weighted by Gasteiger charge is -2.23. The van der Waals surface area contributed by atoms with Crippen LogP contribution in [0, 0.1) is 5.41 Å². The molecular weight excluding hydrogens is 400 g/mol. The van der Waals surface area contributed by atoms with Gasteiger partial charge in [0.2, 0.25) is 5.91 Å². The van der Waals surface area contributed by atoms with Crippen molar-refractivity contribution in [2.24, 2.45) is 5.41 Å². The van der Waals surface area contributed by atoms with Crippen LogP contribution < -0.4 is 10.1 Å². The molecule has 10 nitrogen and oxygen atoms in total. The molecule has 2 aliphatic heterocycles. The number of hydrogen-bond acceptors (Lipinski definition) is 7. The number of carbonyl (C=O) groups is 2. The molecule has 1 fully saturated rings. The fourth-order valence-electron chi connectivity index (χ4n) is 3.72. The Morgan fingerprint density at radius 2 is 2.16 bits per heavy atom. The third kappa shape index (κ3) is 5.19. The molecule has 0 spiro atoms. The number of likely N-dealkylation sites (tertiary alicyclic amines) is 1. The van der Waals surface area contributed by atoms with E-state index in [9.17, 15) is 9.59 Å². The summed E-state index contributed by atoms with van der Waals surface area (Å²) in [5.41, 5.74) is 0.767. The number of nitrogens with zero attached hydrogens (tertiary/aromatic N) is 5. The summed E-state index contributed by atoms with van der Waals surface area (Å²) in [4.78, 5) is 31.8. The Morgan fingerprint density at radius 3 is 2.97 bits per heavy atom. The lowest BCUT2D eigenvalue weighted by atomic mass is 9.92. The number of pyridine rings is 1. The average molecular weight is 428 g/mol. The average Bonchev–Trinajstić information content (AvgIpc) is 3.32. The molecule has 1 N–H and O–H groups in total. The maximum atomic E-state index is 13.0. The first-order valence-electron chi connectivity index (χ1n) is 10.5. The van der Waals surface area contributed by atoms with Crippen molar-refractivity contribution in [3.63, 3.8) is 0 Å². The van der Waals surface area contributed by atoms with Crippen molar-refractivity contribution >= 4 is 11.8 Å². The van der Waals surface area contributed by atoms with Crippen LogP contribution in [0.4, 0.5) is 0 Å². The summed E-state index contributed by atoms with van der Waals surface area (Å²) in [5.74, 6) is 0.0883. The highest BCUT2D eigenvalue weighted by molar-refractivity contribution is 5.95. The van der Waals surface area contributed by atoms with E-state index in [2.05, 4.69) is 20.6 Å². The van der Waals surface area contributed by atoms with Crippen LogP contribution in [0.2, 0.25) is 0 Å². The van der Waals surface area contributed by atoms with Crippen LogP contribution in [0.1, 0.15) is 43.4 Å². The number of hydrogen-bond donors (Lipinski definition) is 1. The lowest BCUT2D eigenvalue weighted by molar-refractivity contribution is -0.132. The predicted octanol–water partition coefficient (Wildman–Crippen LogP) is 1.03. The summed E-state index contributed by atoms with van der Waals surface area (Å²) in [6.45, 7) is 7.90. The van der Waals surface area contributed by atoms with E-state index in [0.717, 1.165) is 0 Å². The molecule has 0 saturated carbocycles. The summed E-state index contributed by atoms with van der Waals surface area (Å²) in [5, 5.41) is 11.2. The van der Waals surface area contributed by atoms with Gasteiger partial charge < -0.3 is 19.7 Å². The summed E-state index contributed by atoms with van der Waals surface area (Å²) in [6, 6.07) is 3.06. The maximum absolute atomic E-state index is 13.0. The number of aromatic nitrogens is 4. The highest BCUT2D eigenvalue weighted by atomic mass is 16.5. The Labute approximate surface area is 180 Å². The van der Waals surface area contributed by atoms with Crippen LogP contribution >= 0.6 is 0 Å². The minimum Gasteiger partial charge on any atom is -0.489 e. The number of rotatable bonds is 1. The van der Waals surface area contributed by atoms with Crippen molar-refractivity contribution in [2.75, 3.05) is 19.7 Å². The van der Waals surface area contributed by atoms with Crippen LogP contribution in [-0.2, 0) is 22.7 Å². The fourth-order valence-corrected chi connectivity index (χ4v) is 3.72. The van der Waals surface area contributed by atoms with Crippen molar-refractivity contribution < 1.29 is 19.1 Å². The van der Waals surface area contributed by atoms with E-state index in [0.29, 0.717) is 44.1 Å². The fraction of sp³-hybridized carbons (Fsp3) is 0.571. The first kappa shape index (κ1) is 21.2. The molecule has 2 bridgehead atoms. The van der Waals surface area contributed by atoms with Crippen molar-refractivity contribution in [1.82, 2.24) is 30.2 Å². The number of nitrogens with one attached hydrogen (secondary N) is 1. The standard InChI is InChI=1S/C21H28N6O4/c1-21(2,3)9-18(28)26-11-15-17(12-26)31-13-14-10-27(25-24-14)7-8-30-16-5-4-6-22-19(16)20(29)23-15/h4-6,10,15,17H,7-9,11-13H2,1-3H3,(H,23,29)/t15-,17-/m0/s1. The van der Waals surface area contributed by atoms with Gasteiger partial charge in [0.25, 0.3) is 5.91 Å². The van der Waals surface area contributed by atoms with Crippen LogP contribution in [0.3, 0.4) is 0 Å². The zero-order chi connectivity index (χ0) is 22.0. The van der Waals surface area contributed by atoms with E-state index in [1.807, 2.05) is 27.0 Å². The molecule has 166 valence electrons. The van der Waals surface area contributed by atoms with E-state index < -0.39 is 0 Å². The van der Waals surface area contributed by atoms with Gasteiger partial charge in [0.1, 0.15) is 12.3 Å². The molecule has 4 rings (SSSR count). The van der Waals surface area contributed by atoms with Gasteiger partial charge >= 0.3 is 0 Å². The summed E-state index contributed by atoms with van der Waals surface area (Å²) >= 11 is 0. The monoisotopic (exact) mass is 428 g/mol. The summed E-state index contributed by atoms with van der Waals surface area (Å²) in [7, 11) is 0. The predicted molar refractivity (Wildman–Crippen MR) is 110 cm³/mol. The van der Waals surface area contributed by atoms with Crippen molar-refractivity contribution in [1.29, 1.82) is 0 Å². The molecule has 0 radical (unpaired) electrons. The second-order valence-electron chi connectivity index (χ2n) is 9.14. The molecule has 10 heteroatoms. The quantitative estimate of drug-likeness (QED) is 0.722. The summed E-state index contributed by atoms with van der Waals surface area (Å²) < 4.78 is 13.5. The molecule has 0 aromatic carbocycles.